The smallest absolute Gasteiger partial charge is 0.264 e. The summed E-state index contributed by atoms with van der Waals surface area (Å²) in [5.74, 6) is 0.152. The molecule has 0 spiro atoms. The monoisotopic (exact) mass is 442 g/mol. The molecule has 2 aromatic rings. The third-order valence-electron chi connectivity index (χ3n) is 4.49. The van der Waals surface area contributed by atoms with Crippen LogP contribution in [-0.4, -0.2) is 45.9 Å². The number of benzene rings is 2. The Labute approximate surface area is 174 Å². The van der Waals surface area contributed by atoms with Gasteiger partial charge in [-0.1, -0.05) is 23.2 Å². The number of hydrogen-bond donors (Lipinski definition) is 0. The predicted molar refractivity (Wildman–Crippen MR) is 110 cm³/mol. The number of anilines is 1. The maximum atomic E-state index is 12.7. The van der Waals surface area contributed by atoms with Crippen LogP contribution < -0.4 is 9.64 Å². The Balaban J connectivity index is 1.79. The molecule has 0 saturated carbocycles. The van der Waals surface area contributed by atoms with Gasteiger partial charge >= 0.3 is 0 Å². The summed E-state index contributed by atoms with van der Waals surface area (Å²) >= 11 is 11.9. The number of rotatable bonds is 5. The van der Waals surface area contributed by atoms with Crippen LogP contribution in [0.4, 0.5) is 5.69 Å². The van der Waals surface area contributed by atoms with E-state index in [2.05, 4.69) is 0 Å². The highest BCUT2D eigenvalue weighted by atomic mass is 35.5. The highest BCUT2D eigenvalue weighted by Gasteiger charge is 2.26. The summed E-state index contributed by atoms with van der Waals surface area (Å²) in [6.45, 7) is 0.363. The van der Waals surface area contributed by atoms with Crippen LogP contribution in [0.1, 0.15) is 12.0 Å². The van der Waals surface area contributed by atoms with Crippen molar-refractivity contribution in [3.05, 3.63) is 52.0 Å². The van der Waals surface area contributed by atoms with Crippen molar-refractivity contribution >= 4 is 44.8 Å². The number of hydrogen-bond acceptors (Lipinski definition) is 4. The van der Waals surface area contributed by atoms with Crippen molar-refractivity contribution in [2.75, 3.05) is 32.1 Å². The van der Waals surface area contributed by atoms with Gasteiger partial charge in [-0.15, -0.1) is 0 Å². The number of fused-ring (bicyclic) bond motifs is 1. The Hall–Kier alpha value is -1.80. The molecule has 0 bridgehead atoms. The van der Waals surface area contributed by atoms with Crippen molar-refractivity contribution < 1.29 is 17.9 Å². The molecule has 6 nitrogen and oxygen atoms in total. The van der Waals surface area contributed by atoms with Crippen LogP contribution in [0.2, 0.25) is 10.0 Å². The zero-order valence-electron chi connectivity index (χ0n) is 15.5. The lowest BCUT2D eigenvalue weighted by Crippen LogP contribution is -2.38. The fourth-order valence-electron chi connectivity index (χ4n) is 3.01. The molecule has 0 atom stereocenters. The summed E-state index contributed by atoms with van der Waals surface area (Å²) < 4.78 is 31.4. The Morgan fingerprint density at radius 3 is 2.61 bits per heavy atom. The van der Waals surface area contributed by atoms with Gasteiger partial charge in [-0.3, -0.25) is 4.79 Å². The van der Waals surface area contributed by atoms with Crippen LogP contribution in [-0.2, 0) is 21.2 Å². The zero-order chi connectivity index (χ0) is 20.5. The highest BCUT2D eigenvalue weighted by Crippen LogP contribution is 2.31. The van der Waals surface area contributed by atoms with Crippen LogP contribution >= 0.6 is 23.2 Å². The van der Waals surface area contributed by atoms with Gasteiger partial charge in [0.15, 0.2) is 6.61 Å². The van der Waals surface area contributed by atoms with Crippen LogP contribution in [0, 0.1) is 0 Å². The van der Waals surface area contributed by atoms with Crippen molar-refractivity contribution in [2.45, 2.75) is 17.7 Å². The minimum absolute atomic E-state index is 0.182. The Morgan fingerprint density at radius 2 is 1.93 bits per heavy atom. The average molecular weight is 443 g/mol. The summed E-state index contributed by atoms with van der Waals surface area (Å²) in [5.41, 5.74) is 1.53. The first-order chi connectivity index (χ1) is 13.2. The molecule has 1 heterocycles. The van der Waals surface area contributed by atoms with E-state index in [-0.39, 0.29) is 17.4 Å². The number of amides is 1. The van der Waals surface area contributed by atoms with E-state index in [1.165, 1.54) is 24.5 Å². The third-order valence-corrected chi connectivity index (χ3v) is 6.84. The zero-order valence-corrected chi connectivity index (χ0v) is 17.8. The molecule has 0 fully saturated rings. The van der Waals surface area contributed by atoms with E-state index in [0.717, 1.165) is 12.0 Å². The molecule has 1 aliphatic rings. The predicted octanol–water partition coefficient (Wildman–Crippen LogP) is 3.60. The van der Waals surface area contributed by atoms with Gasteiger partial charge in [0.25, 0.3) is 5.91 Å². The number of aryl methyl sites for hydroxylation is 1. The van der Waals surface area contributed by atoms with Crippen molar-refractivity contribution in [1.29, 1.82) is 0 Å². The van der Waals surface area contributed by atoms with Crippen LogP contribution in [0.15, 0.2) is 41.3 Å². The van der Waals surface area contributed by atoms with Gasteiger partial charge in [0.2, 0.25) is 10.0 Å². The van der Waals surface area contributed by atoms with Crippen LogP contribution in [0.5, 0.6) is 5.75 Å². The fourth-order valence-corrected chi connectivity index (χ4v) is 4.43. The van der Waals surface area contributed by atoms with Gasteiger partial charge in [-0.2, -0.15) is 0 Å². The number of carbonyl (C=O) groups is 1. The normalized spacial score (nSPS) is 14.1. The molecular formula is C19H20Cl2N2O4S. The fraction of sp³-hybridized carbons (Fsp3) is 0.316. The van der Waals surface area contributed by atoms with Gasteiger partial charge in [0.05, 0.1) is 9.92 Å². The second-order valence-corrected chi connectivity index (χ2v) is 9.59. The lowest BCUT2D eigenvalue weighted by Gasteiger charge is -2.30. The molecule has 28 heavy (non-hydrogen) atoms. The van der Waals surface area contributed by atoms with Gasteiger partial charge in [0, 0.05) is 31.4 Å². The van der Waals surface area contributed by atoms with E-state index in [4.69, 9.17) is 27.9 Å². The van der Waals surface area contributed by atoms with E-state index < -0.39 is 10.0 Å². The molecule has 0 aliphatic carbocycles. The Morgan fingerprint density at radius 1 is 1.18 bits per heavy atom. The van der Waals surface area contributed by atoms with E-state index in [9.17, 15) is 13.2 Å². The molecule has 3 rings (SSSR count). The minimum atomic E-state index is -3.52. The SMILES string of the molecule is CN(C)S(=O)(=O)c1ccc2c(c1)CCCN2C(=O)COc1ccc(Cl)cc1Cl. The van der Waals surface area contributed by atoms with Gasteiger partial charge < -0.3 is 9.64 Å². The van der Waals surface area contributed by atoms with Gasteiger partial charge in [0.1, 0.15) is 5.75 Å². The topological polar surface area (TPSA) is 66.9 Å². The maximum Gasteiger partial charge on any atom is 0.264 e. The third kappa shape index (κ3) is 4.27. The molecule has 0 unspecified atom stereocenters. The van der Waals surface area contributed by atoms with E-state index in [1.54, 1.807) is 35.2 Å². The number of halogens is 2. The van der Waals surface area contributed by atoms with E-state index in [1.807, 2.05) is 0 Å². The lowest BCUT2D eigenvalue weighted by molar-refractivity contribution is -0.120. The molecule has 2 aromatic carbocycles. The molecule has 150 valence electrons. The molecule has 0 aromatic heterocycles. The summed E-state index contributed by atoms with van der Waals surface area (Å²) in [6.07, 6.45) is 1.45. The molecule has 1 amide bonds. The number of ether oxygens (including phenoxy) is 1. The highest BCUT2D eigenvalue weighted by molar-refractivity contribution is 7.89. The number of sulfonamides is 1. The van der Waals surface area contributed by atoms with E-state index >= 15 is 0 Å². The molecular weight excluding hydrogens is 423 g/mol. The first-order valence-electron chi connectivity index (χ1n) is 8.64. The van der Waals surface area contributed by atoms with Gasteiger partial charge in [-0.05, 0) is 54.8 Å². The quantitative estimate of drug-likeness (QED) is 0.709. The van der Waals surface area contributed by atoms with Gasteiger partial charge in [-0.25, -0.2) is 12.7 Å². The lowest BCUT2D eigenvalue weighted by atomic mass is 10.0. The van der Waals surface area contributed by atoms with Crippen molar-refractivity contribution in [1.82, 2.24) is 4.31 Å². The number of carbonyl (C=O) groups excluding carboxylic acids is 1. The summed E-state index contributed by atoms with van der Waals surface area (Å²) in [6, 6.07) is 9.64. The molecule has 0 radical (unpaired) electrons. The maximum absolute atomic E-state index is 12.7. The second kappa shape index (κ2) is 8.29. The Bertz CT molecular complexity index is 1010. The molecule has 9 heteroatoms. The largest absolute Gasteiger partial charge is 0.482 e. The summed E-state index contributed by atoms with van der Waals surface area (Å²) in [4.78, 5) is 14.5. The first kappa shape index (κ1) is 20.9. The van der Waals surface area contributed by atoms with Crippen LogP contribution in [0.3, 0.4) is 0 Å². The van der Waals surface area contributed by atoms with Crippen LogP contribution in [0.25, 0.3) is 0 Å². The Kier molecular flexibility index (Phi) is 6.19. The standard InChI is InChI=1S/C19H20Cl2N2O4S/c1-22(2)28(25,26)15-6-7-17-13(10-15)4-3-9-23(17)19(24)12-27-18-8-5-14(20)11-16(18)21/h5-8,10-11H,3-4,9,12H2,1-2H3. The van der Waals surface area contributed by atoms with E-state index in [0.29, 0.717) is 34.4 Å². The van der Waals surface area contributed by atoms with Crippen molar-refractivity contribution in [2.24, 2.45) is 0 Å². The molecule has 0 saturated heterocycles. The molecule has 0 N–H and O–H groups in total. The van der Waals surface area contributed by atoms with Crippen molar-refractivity contribution in [3.8, 4) is 5.75 Å². The first-order valence-corrected chi connectivity index (χ1v) is 10.8. The number of nitrogens with zero attached hydrogens (tertiary/aromatic N) is 2. The average Bonchev–Trinajstić information content (AvgIpc) is 2.66. The second-order valence-electron chi connectivity index (χ2n) is 6.59. The minimum Gasteiger partial charge on any atom is -0.482 e. The van der Waals surface area contributed by atoms with Crippen molar-refractivity contribution in [3.63, 3.8) is 0 Å². The molecule has 1 aliphatic heterocycles. The summed E-state index contributed by atoms with van der Waals surface area (Å²) in [7, 11) is -0.543. The summed E-state index contributed by atoms with van der Waals surface area (Å²) in [5, 5.41) is 0.815.